The van der Waals surface area contributed by atoms with Crippen molar-refractivity contribution in [2.45, 2.75) is 44.2 Å². The molecule has 1 aliphatic carbocycles. The van der Waals surface area contributed by atoms with Crippen LogP contribution in [0.3, 0.4) is 0 Å². The second-order valence-electron chi connectivity index (χ2n) is 9.68. The van der Waals surface area contributed by atoms with Crippen LogP contribution in [0, 0.1) is 11.7 Å². The highest BCUT2D eigenvalue weighted by atomic mass is 19.1. The summed E-state index contributed by atoms with van der Waals surface area (Å²) in [4.78, 5) is 25.6. The number of carbonyl (C=O) groups is 2. The van der Waals surface area contributed by atoms with Gasteiger partial charge in [0, 0.05) is 31.6 Å². The molecule has 0 spiro atoms. The average Bonchev–Trinajstić information content (AvgIpc) is 3.57. The first-order chi connectivity index (χ1) is 17.4. The van der Waals surface area contributed by atoms with Crippen molar-refractivity contribution in [3.63, 3.8) is 0 Å². The Kier molecular flexibility index (Phi) is 7.11. The normalized spacial score (nSPS) is 20.9. The van der Waals surface area contributed by atoms with E-state index in [-0.39, 0.29) is 18.1 Å². The first-order valence-electron chi connectivity index (χ1n) is 12.4. The van der Waals surface area contributed by atoms with Gasteiger partial charge in [-0.15, -0.1) is 0 Å². The van der Waals surface area contributed by atoms with E-state index in [1.165, 1.54) is 19.2 Å². The van der Waals surface area contributed by atoms with Gasteiger partial charge in [-0.2, -0.15) is 0 Å². The van der Waals surface area contributed by atoms with Gasteiger partial charge < -0.3 is 30.0 Å². The van der Waals surface area contributed by atoms with Gasteiger partial charge >= 0.3 is 0 Å². The van der Waals surface area contributed by atoms with Crippen molar-refractivity contribution in [3.8, 4) is 11.5 Å². The maximum Gasteiger partial charge on any atom is 0.255 e. The topological polar surface area (TPSA) is 106 Å². The molecule has 0 radical (unpaired) electrons. The van der Waals surface area contributed by atoms with Crippen LogP contribution >= 0.6 is 0 Å². The van der Waals surface area contributed by atoms with Gasteiger partial charge in [0.1, 0.15) is 17.3 Å². The van der Waals surface area contributed by atoms with Crippen molar-refractivity contribution in [2.75, 3.05) is 33.5 Å². The number of aliphatic hydroxyl groups excluding tert-OH is 1. The Bertz CT molecular complexity index is 1170. The van der Waals surface area contributed by atoms with Gasteiger partial charge in [-0.25, -0.2) is 4.39 Å². The lowest BCUT2D eigenvalue weighted by atomic mass is 9.95. The Labute approximate surface area is 209 Å². The van der Waals surface area contributed by atoms with E-state index in [1.54, 1.807) is 12.1 Å². The number of amides is 2. The van der Waals surface area contributed by atoms with Gasteiger partial charge in [-0.05, 0) is 54.5 Å². The summed E-state index contributed by atoms with van der Waals surface area (Å²) in [5.41, 5.74) is 2.54. The van der Waals surface area contributed by atoms with Gasteiger partial charge in [0.15, 0.2) is 0 Å². The minimum absolute atomic E-state index is 0.0192. The summed E-state index contributed by atoms with van der Waals surface area (Å²) >= 11 is 0. The lowest BCUT2D eigenvalue weighted by Gasteiger charge is -2.28. The zero-order valence-electron chi connectivity index (χ0n) is 20.3. The number of hydrogen-bond donors (Lipinski definition) is 3. The quantitative estimate of drug-likeness (QED) is 0.516. The van der Waals surface area contributed by atoms with Crippen LogP contribution in [0.2, 0.25) is 0 Å². The molecular formula is C27H31FN2O6. The van der Waals surface area contributed by atoms with Crippen LogP contribution in [0.15, 0.2) is 24.3 Å². The lowest BCUT2D eigenvalue weighted by molar-refractivity contribution is -0.0261. The molecule has 0 bridgehead atoms. The summed E-state index contributed by atoms with van der Waals surface area (Å²) in [5, 5.41) is 15.9. The molecule has 3 aliphatic rings. The van der Waals surface area contributed by atoms with Gasteiger partial charge in [0.2, 0.25) is 0 Å². The fourth-order valence-corrected chi connectivity index (χ4v) is 4.82. The van der Waals surface area contributed by atoms with Crippen LogP contribution in [-0.4, -0.2) is 62.5 Å². The molecule has 8 nitrogen and oxygen atoms in total. The third-order valence-electron chi connectivity index (χ3n) is 7.01. The summed E-state index contributed by atoms with van der Waals surface area (Å²) in [6, 6.07) is 5.86. The number of rotatable bonds is 8. The van der Waals surface area contributed by atoms with E-state index in [2.05, 4.69) is 10.6 Å². The third kappa shape index (κ3) is 5.17. The predicted molar refractivity (Wildman–Crippen MR) is 129 cm³/mol. The van der Waals surface area contributed by atoms with Gasteiger partial charge in [0.25, 0.3) is 11.8 Å². The highest BCUT2D eigenvalue weighted by Crippen LogP contribution is 2.40. The zero-order valence-corrected chi connectivity index (χ0v) is 20.3. The van der Waals surface area contributed by atoms with E-state index in [4.69, 9.17) is 14.2 Å². The molecule has 1 saturated carbocycles. The molecule has 2 fully saturated rings. The standard InChI is InChI=1S/C27H31FN2O6/c1-34-25-19-6-9-36-24(19)17(12-20(25)27(33)30-22-7-8-35-14-23(22)31)10-16-4-5-18(21(28)11-16)26(32)29-13-15-2-3-15/h4-5,11-12,15,22-23,31H,2-3,6-10,13-14H2,1H3,(H,29,32)(H,30,33)/t22-,23-/m0/s1. The minimum atomic E-state index is -0.783. The molecule has 2 amide bonds. The van der Waals surface area contributed by atoms with Crippen LogP contribution in [0.5, 0.6) is 11.5 Å². The number of ether oxygens (including phenoxy) is 3. The fourth-order valence-electron chi connectivity index (χ4n) is 4.82. The first kappa shape index (κ1) is 24.5. The molecule has 2 aromatic rings. The van der Waals surface area contributed by atoms with Crippen molar-refractivity contribution in [3.05, 3.63) is 57.9 Å². The van der Waals surface area contributed by atoms with Crippen molar-refractivity contribution in [2.24, 2.45) is 5.92 Å². The smallest absolute Gasteiger partial charge is 0.255 e. The number of hydrogen-bond acceptors (Lipinski definition) is 6. The van der Waals surface area contributed by atoms with Crippen LogP contribution in [-0.2, 0) is 17.6 Å². The van der Waals surface area contributed by atoms with Gasteiger partial charge in [-0.1, -0.05) is 6.07 Å². The Morgan fingerprint density at radius 1 is 1.14 bits per heavy atom. The van der Waals surface area contributed by atoms with E-state index in [1.807, 2.05) is 0 Å². The Hall–Kier alpha value is -3.17. The molecule has 2 heterocycles. The SMILES string of the molecule is COc1c(C(=O)N[C@H]2CCOC[C@@H]2O)cc(Cc2ccc(C(=O)NCC3CC3)c(F)c2)c2c1CCO2. The number of aliphatic hydroxyl groups is 1. The number of halogens is 1. The molecule has 0 aromatic heterocycles. The second kappa shape index (κ2) is 10.4. The van der Waals surface area contributed by atoms with Crippen molar-refractivity contribution in [1.29, 1.82) is 0 Å². The maximum atomic E-state index is 14.8. The number of benzene rings is 2. The Balaban J connectivity index is 1.39. The lowest BCUT2D eigenvalue weighted by Crippen LogP contribution is -2.48. The molecule has 0 unspecified atom stereocenters. The molecule has 1 saturated heterocycles. The van der Waals surface area contributed by atoms with Crippen molar-refractivity contribution >= 4 is 11.8 Å². The van der Waals surface area contributed by atoms with E-state index in [0.717, 1.165) is 24.0 Å². The average molecular weight is 499 g/mol. The number of fused-ring (bicyclic) bond motifs is 1. The highest BCUT2D eigenvalue weighted by Gasteiger charge is 2.31. The molecule has 5 rings (SSSR count). The number of methoxy groups -OCH3 is 1. The Morgan fingerprint density at radius 3 is 2.69 bits per heavy atom. The van der Waals surface area contributed by atoms with Crippen LogP contribution in [0.4, 0.5) is 4.39 Å². The molecule has 9 heteroatoms. The first-order valence-corrected chi connectivity index (χ1v) is 12.4. The van der Waals surface area contributed by atoms with Crippen molar-refractivity contribution < 1.29 is 33.3 Å². The fraction of sp³-hybridized carbons (Fsp3) is 0.481. The van der Waals surface area contributed by atoms with E-state index in [0.29, 0.717) is 67.6 Å². The summed E-state index contributed by atoms with van der Waals surface area (Å²) in [7, 11) is 1.51. The predicted octanol–water partition coefficient (Wildman–Crippen LogP) is 2.38. The maximum absolute atomic E-state index is 14.8. The highest BCUT2D eigenvalue weighted by molar-refractivity contribution is 5.98. The van der Waals surface area contributed by atoms with E-state index in [9.17, 15) is 19.1 Å². The van der Waals surface area contributed by atoms with Gasteiger partial charge in [0.05, 0.1) is 43.6 Å². The molecule has 36 heavy (non-hydrogen) atoms. The van der Waals surface area contributed by atoms with E-state index < -0.39 is 23.9 Å². The molecule has 192 valence electrons. The third-order valence-corrected chi connectivity index (χ3v) is 7.01. The Morgan fingerprint density at radius 2 is 1.97 bits per heavy atom. The molecule has 2 aliphatic heterocycles. The number of nitrogens with one attached hydrogen (secondary N) is 2. The summed E-state index contributed by atoms with van der Waals surface area (Å²) in [6.07, 6.45) is 2.83. The number of carbonyl (C=O) groups excluding carboxylic acids is 2. The zero-order chi connectivity index (χ0) is 25.2. The van der Waals surface area contributed by atoms with E-state index >= 15 is 0 Å². The molecule has 3 N–H and O–H groups in total. The van der Waals surface area contributed by atoms with Crippen LogP contribution in [0.25, 0.3) is 0 Å². The summed E-state index contributed by atoms with van der Waals surface area (Å²) in [6.45, 7) is 1.66. The summed E-state index contributed by atoms with van der Waals surface area (Å²) in [5.74, 6) is 0.240. The minimum Gasteiger partial charge on any atom is -0.495 e. The molecular weight excluding hydrogens is 467 g/mol. The molecule has 2 aromatic carbocycles. The molecule has 2 atom stereocenters. The largest absolute Gasteiger partial charge is 0.495 e. The second-order valence-corrected chi connectivity index (χ2v) is 9.68. The monoisotopic (exact) mass is 498 g/mol. The van der Waals surface area contributed by atoms with Gasteiger partial charge in [-0.3, -0.25) is 9.59 Å². The van der Waals surface area contributed by atoms with Crippen molar-refractivity contribution in [1.82, 2.24) is 10.6 Å². The van der Waals surface area contributed by atoms with Crippen LogP contribution < -0.4 is 20.1 Å². The summed E-state index contributed by atoms with van der Waals surface area (Å²) < 4.78 is 31.6. The van der Waals surface area contributed by atoms with Crippen LogP contribution in [0.1, 0.15) is 56.7 Å².